The minimum Gasteiger partial charge on any atom is -0.398 e. The Morgan fingerprint density at radius 2 is 2.26 bits per heavy atom. The Bertz CT molecular complexity index is 459. The smallest absolute Gasteiger partial charge is 0.238 e. The van der Waals surface area contributed by atoms with Gasteiger partial charge in [0.25, 0.3) is 0 Å². The normalized spacial score (nSPS) is 20.2. The molecule has 0 spiro atoms. The number of hydrogen-bond acceptors (Lipinski definition) is 3. The lowest BCUT2D eigenvalue weighted by Crippen LogP contribution is -2.42. The van der Waals surface area contributed by atoms with Crippen molar-refractivity contribution in [1.29, 1.82) is 0 Å². The molecule has 0 saturated carbocycles. The van der Waals surface area contributed by atoms with Gasteiger partial charge in [-0.25, -0.2) is 0 Å². The van der Waals surface area contributed by atoms with Gasteiger partial charge in [-0.1, -0.05) is 12.5 Å². The fourth-order valence-corrected chi connectivity index (χ4v) is 2.50. The van der Waals surface area contributed by atoms with E-state index in [4.69, 9.17) is 5.73 Å². The van der Waals surface area contributed by atoms with Gasteiger partial charge in [-0.2, -0.15) is 0 Å². The Morgan fingerprint density at radius 1 is 1.47 bits per heavy atom. The van der Waals surface area contributed by atoms with E-state index in [1.807, 2.05) is 25.1 Å². The molecule has 0 aromatic heterocycles. The molecule has 3 N–H and O–H groups in total. The van der Waals surface area contributed by atoms with E-state index in [0.29, 0.717) is 18.3 Å². The Hall–Kier alpha value is -1.55. The quantitative estimate of drug-likeness (QED) is 0.821. The van der Waals surface area contributed by atoms with Crippen LogP contribution in [0.2, 0.25) is 0 Å². The van der Waals surface area contributed by atoms with Gasteiger partial charge in [0.15, 0.2) is 0 Å². The molecular weight excluding hydrogens is 238 g/mol. The van der Waals surface area contributed by atoms with Crippen molar-refractivity contribution in [2.75, 3.05) is 24.1 Å². The molecule has 1 fully saturated rings. The second-order valence-corrected chi connectivity index (χ2v) is 5.43. The molecule has 1 saturated heterocycles. The molecule has 4 nitrogen and oxygen atoms in total. The van der Waals surface area contributed by atoms with Gasteiger partial charge in [0.1, 0.15) is 0 Å². The van der Waals surface area contributed by atoms with E-state index in [1.165, 1.54) is 19.3 Å². The summed E-state index contributed by atoms with van der Waals surface area (Å²) in [5.74, 6) is 0.0389. The molecule has 0 bridgehead atoms. The van der Waals surface area contributed by atoms with Crippen LogP contribution in [0.5, 0.6) is 0 Å². The highest BCUT2D eigenvalue weighted by Gasteiger charge is 2.20. The van der Waals surface area contributed by atoms with E-state index in [-0.39, 0.29) is 5.91 Å². The lowest BCUT2D eigenvalue weighted by atomic mass is 10.0. The molecule has 0 radical (unpaired) electrons. The topological polar surface area (TPSA) is 58.4 Å². The highest BCUT2D eigenvalue weighted by molar-refractivity contribution is 5.92. The van der Waals surface area contributed by atoms with Crippen LogP contribution in [-0.4, -0.2) is 29.9 Å². The van der Waals surface area contributed by atoms with Crippen LogP contribution in [0.1, 0.15) is 31.7 Å². The fourth-order valence-electron chi connectivity index (χ4n) is 2.50. The first kappa shape index (κ1) is 13.9. The molecular formula is C15H23N3O. The predicted molar refractivity (Wildman–Crippen MR) is 79.1 cm³/mol. The zero-order valence-corrected chi connectivity index (χ0v) is 11.8. The maximum absolute atomic E-state index is 12.0. The van der Waals surface area contributed by atoms with Crippen LogP contribution >= 0.6 is 0 Å². The fraction of sp³-hybridized carbons (Fsp3) is 0.533. The largest absolute Gasteiger partial charge is 0.398 e. The average Bonchev–Trinajstić information content (AvgIpc) is 2.37. The standard InChI is InChI=1S/C15H23N3O/c1-11-6-7-13(9-14(11)16)17-15(19)10-18-8-4-3-5-12(18)2/h6-7,9,12H,3-5,8,10,16H2,1-2H3,(H,17,19). The molecule has 2 rings (SSSR count). The molecule has 1 atom stereocenters. The van der Waals surface area contributed by atoms with E-state index in [1.54, 1.807) is 0 Å². The summed E-state index contributed by atoms with van der Waals surface area (Å²) in [5, 5.41) is 2.92. The van der Waals surface area contributed by atoms with Gasteiger partial charge in [0.2, 0.25) is 5.91 Å². The Kier molecular flexibility index (Phi) is 4.43. The number of nitrogens with one attached hydrogen (secondary N) is 1. The van der Waals surface area contributed by atoms with E-state index in [9.17, 15) is 4.79 Å². The number of nitrogen functional groups attached to an aromatic ring is 1. The monoisotopic (exact) mass is 261 g/mol. The molecule has 1 aliphatic heterocycles. The summed E-state index contributed by atoms with van der Waals surface area (Å²) >= 11 is 0. The number of nitrogens with two attached hydrogens (primary N) is 1. The number of aryl methyl sites for hydroxylation is 1. The number of amides is 1. The first-order valence-electron chi connectivity index (χ1n) is 6.96. The molecule has 1 unspecified atom stereocenters. The maximum Gasteiger partial charge on any atom is 0.238 e. The molecule has 1 aliphatic rings. The zero-order chi connectivity index (χ0) is 13.8. The molecule has 1 amide bonds. The van der Waals surface area contributed by atoms with Crippen LogP contribution in [0, 0.1) is 6.92 Å². The summed E-state index contributed by atoms with van der Waals surface area (Å²) in [6, 6.07) is 6.13. The minimum absolute atomic E-state index is 0.0389. The lowest BCUT2D eigenvalue weighted by molar-refractivity contribution is -0.118. The Balaban J connectivity index is 1.91. The van der Waals surface area contributed by atoms with Crippen molar-refractivity contribution in [2.45, 2.75) is 39.2 Å². The number of nitrogens with zero attached hydrogens (tertiary/aromatic N) is 1. The van der Waals surface area contributed by atoms with Gasteiger partial charge < -0.3 is 11.1 Å². The first-order chi connectivity index (χ1) is 9.06. The SMILES string of the molecule is Cc1ccc(NC(=O)CN2CCCCC2C)cc1N. The second-order valence-electron chi connectivity index (χ2n) is 5.43. The minimum atomic E-state index is 0.0389. The van der Waals surface area contributed by atoms with Crippen molar-refractivity contribution >= 4 is 17.3 Å². The lowest BCUT2D eigenvalue weighted by Gasteiger charge is -2.32. The summed E-state index contributed by atoms with van der Waals surface area (Å²) in [7, 11) is 0. The van der Waals surface area contributed by atoms with E-state index in [2.05, 4.69) is 17.1 Å². The van der Waals surface area contributed by atoms with E-state index in [0.717, 1.165) is 17.8 Å². The van der Waals surface area contributed by atoms with Crippen LogP contribution in [0.4, 0.5) is 11.4 Å². The maximum atomic E-state index is 12.0. The number of carbonyl (C=O) groups is 1. The third kappa shape index (κ3) is 3.70. The molecule has 0 aliphatic carbocycles. The molecule has 19 heavy (non-hydrogen) atoms. The Morgan fingerprint density at radius 3 is 2.95 bits per heavy atom. The van der Waals surface area contributed by atoms with Gasteiger partial charge in [-0.3, -0.25) is 9.69 Å². The molecule has 1 heterocycles. The van der Waals surface area contributed by atoms with Gasteiger partial charge in [0, 0.05) is 17.4 Å². The second kappa shape index (κ2) is 6.06. The number of piperidine rings is 1. The number of likely N-dealkylation sites (tertiary alicyclic amines) is 1. The third-order valence-electron chi connectivity index (χ3n) is 3.85. The van der Waals surface area contributed by atoms with Crippen molar-refractivity contribution in [2.24, 2.45) is 0 Å². The van der Waals surface area contributed by atoms with Gasteiger partial charge in [-0.05, 0) is 50.9 Å². The first-order valence-corrected chi connectivity index (χ1v) is 6.96. The highest BCUT2D eigenvalue weighted by Crippen LogP contribution is 2.18. The summed E-state index contributed by atoms with van der Waals surface area (Å²) in [4.78, 5) is 14.3. The van der Waals surface area contributed by atoms with Crippen molar-refractivity contribution in [3.8, 4) is 0 Å². The van der Waals surface area contributed by atoms with Crippen LogP contribution in [-0.2, 0) is 4.79 Å². The van der Waals surface area contributed by atoms with Crippen molar-refractivity contribution in [3.63, 3.8) is 0 Å². The zero-order valence-electron chi connectivity index (χ0n) is 11.8. The third-order valence-corrected chi connectivity index (χ3v) is 3.85. The van der Waals surface area contributed by atoms with Crippen LogP contribution < -0.4 is 11.1 Å². The van der Waals surface area contributed by atoms with Gasteiger partial charge in [-0.15, -0.1) is 0 Å². The van der Waals surface area contributed by atoms with Gasteiger partial charge in [0.05, 0.1) is 6.54 Å². The van der Waals surface area contributed by atoms with E-state index < -0.39 is 0 Å². The number of hydrogen-bond donors (Lipinski definition) is 2. The number of anilines is 2. The molecule has 1 aromatic carbocycles. The predicted octanol–water partition coefficient (Wildman–Crippen LogP) is 2.39. The molecule has 1 aromatic rings. The number of carbonyl (C=O) groups excluding carboxylic acids is 1. The van der Waals surface area contributed by atoms with Crippen LogP contribution in [0.15, 0.2) is 18.2 Å². The van der Waals surface area contributed by atoms with Crippen molar-refractivity contribution in [1.82, 2.24) is 4.90 Å². The summed E-state index contributed by atoms with van der Waals surface area (Å²) in [6.07, 6.45) is 3.65. The summed E-state index contributed by atoms with van der Waals surface area (Å²) in [6.45, 7) is 5.63. The van der Waals surface area contributed by atoms with Crippen molar-refractivity contribution in [3.05, 3.63) is 23.8 Å². The van der Waals surface area contributed by atoms with Crippen LogP contribution in [0.3, 0.4) is 0 Å². The number of rotatable bonds is 3. The number of benzene rings is 1. The van der Waals surface area contributed by atoms with Crippen LogP contribution in [0.25, 0.3) is 0 Å². The Labute approximate surface area is 115 Å². The van der Waals surface area contributed by atoms with E-state index >= 15 is 0 Å². The van der Waals surface area contributed by atoms with Crippen molar-refractivity contribution < 1.29 is 4.79 Å². The molecule has 4 heteroatoms. The molecule has 104 valence electrons. The summed E-state index contributed by atoms with van der Waals surface area (Å²) in [5.41, 5.74) is 8.36. The van der Waals surface area contributed by atoms with Gasteiger partial charge >= 0.3 is 0 Å². The summed E-state index contributed by atoms with van der Waals surface area (Å²) < 4.78 is 0. The highest BCUT2D eigenvalue weighted by atomic mass is 16.2. The average molecular weight is 261 g/mol.